The van der Waals surface area contributed by atoms with E-state index in [2.05, 4.69) is 0 Å². The SMILES string of the molecule is O=S1(=O)C=C(C2CCCC2)C=C(C2CCCC2)O1.O=S1(=O)C=C(C2CCCC2)C=C(C2CCCC2)O1. The fraction of sp³-hybridized carbons (Fsp3) is 0.714. The Hall–Kier alpha value is -1.54. The van der Waals surface area contributed by atoms with Crippen molar-refractivity contribution in [2.75, 3.05) is 0 Å². The van der Waals surface area contributed by atoms with Crippen LogP contribution in [0.25, 0.3) is 0 Å². The molecule has 0 aromatic carbocycles. The van der Waals surface area contributed by atoms with Gasteiger partial charge in [-0.25, -0.2) is 0 Å². The molecule has 4 saturated carbocycles. The molecule has 0 N–H and O–H groups in total. The molecule has 0 bridgehead atoms. The summed E-state index contributed by atoms with van der Waals surface area (Å²) in [5, 5.41) is 2.70. The van der Waals surface area contributed by atoms with Gasteiger partial charge in [0.25, 0.3) is 0 Å². The third-order valence-electron chi connectivity index (χ3n) is 8.77. The van der Waals surface area contributed by atoms with Crippen molar-refractivity contribution in [2.45, 2.75) is 103 Å². The molecule has 6 nitrogen and oxygen atoms in total. The van der Waals surface area contributed by atoms with Crippen molar-refractivity contribution in [3.63, 3.8) is 0 Å². The highest BCUT2D eigenvalue weighted by atomic mass is 32.2. The van der Waals surface area contributed by atoms with E-state index in [-0.39, 0.29) is 0 Å². The fourth-order valence-corrected chi connectivity index (χ4v) is 9.02. The predicted molar refractivity (Wildman–Crippen MR) is 140 cm³/mol. The van der Waals surface area contributed by atoms with Crippen LogP contribution >= 0.6 is 0 Å². The number of hydrogen-bond acceptors (Lipinski definition) is 6. The molecule has 200 valence electrons. The Morgan fingerprint density at radius 1 is 0.472 bits per heavy atom. The fourth-order valence-electron chi connectivity index (χ4n) is 6.83. The minimum absolute atomic E-state index is 0.324. The zero-order valence-corrected chi connectivity index (χ0v) is 22.8. The average Bonchev–Trinajstić information content (AvgIpc) is 3.66. The van der Waals surface area contributed by atoms with Crippen molar-refractivity contribution in [2.24, 2.45) is 23.7 Å². The summed E-state index contributed by atoms with van der Waals surface area (Å²) in [5.41, 5.74) is 1.97. The van der Waals surface area contributed by atoms with Gasteiger partial charge in [-0.1, -0.05) is 51.4 Å². The van der Waals surface area contributed by atoms with Crippen LogP contribution in [0.1, 0.15) is 103 Å². The molecule has 36 heavy (non-hydrogen) atoms. The first-order valence-corrected chi connectivity index (χ1v) is 17.0. The van der Waals surface area contributed by atoms with E-state index in [0.717, 1.165) is 62.5 Å². The van der Waals surface area contributed by atoms with Crippen LogP contribution in [-0.4, -0.2) is 16.8 Å². The van der Waals surface area contributed by atoms with Crippen LogP contribution in [0.15, 0.2) is 45.6 Å². The normalized spacial score (nSPS) is 28.9. The quantitative estimate of drug-likeness (QED) is 0.360. The molecule has 0 saturated heterocycles. The number of allylic oxidation sites excluding steroid dienone is 6. The van der Waals surface area contributed by atoms with E-state index < -0.39 is 20.2 Å². The molecule has 0 spiro atoms. The molecule has 0 atom stereocenters. The highest BCUT2D eigenvalue weighted by Gasteiger charge is 2.32. The van der Waals surface area contributed by atoms with E-state index in [9.17, 15) is 16.8 Å². The molecular weight excluding hydrogens is 496 g/mol. The second-order valence-corrected chi connectivity index (χ2v) is 14.2. The lowest BCUT2D eigenvalue weighted by Gasteiger charge is -2.22. The highest BCUT2D eigenvalue weighted by molar-refractivity contribution is 7.90. The zero-order valence-electron chi connectivity index (χ0n) is 21.2. The van der Waals surface area contributed by atoms with Gasteiger partial charge in [-0.15, -0.1) is 0 Å². The van der Waals surface area contributed by atoms with Gasteiger partial charge in [-0.05, 0) is 86.5 Å². The Labute approximate surface area is 217 Å². The van der Waals surface area contributed by atoms with Gasteiger partial charge in [-0.2, -0.15) is 16.8 Å². The van der Waals surface area contributed by atoms with Gasteiger partial charge in [-0.3, -0.25) is 0 Å². The van der Waals surface area contributed by atoms with Crippen molar-refractivity contribution >= 4 is 20.2 Å². The Bertz CT molecular complexity index is 1040. The predicted octanol–water partition coefficient (Wildman–Crippen LogP) is 6.99. The molecule has 0 aromatic rings. The smallest absolute Gasteiger partial charge is 0.332 e. The van der Waals surface area contributed by atoms with Crippen molar-refractivity contribution in [1.82, 2.24) is 0 Å². The molecule has 0 unspecified atom stereocenters. The summed E-state index contributed by atoms with van der Waals surface area (Å²) >= 11 is 0. The lowest BCUT2D eigenvalue weighted by molar-refractivity contribution is 0.345. The minimum atomic E-state index is -3.49. The van der Waals surface area contributed by atoms with Crippen LogP contribution < -0.4 is 0 Å². The molecule has 2 aliphatic heterocycles. The molecule has 6 aliphatic rings. The van der Waals surface area contributed by atoms with Gasteiger partial charge in [0.1, 0.15) is 11.5 Å². The van der Waals surface area contributed by atoms with Gasteiger partial charge < -0.3 is 8.37 Å². The van der Waals surface area contributed by atoms with E-state index in [1.54, 1.807) is 0 Å². The summed E-state index contributed by atoms with van der Waals surface area (Å²) in [6.45, 7) is 0. The molecule has 0 radical (unpaired) electrons. The summed E-state index contributed by atoms with van der Waals surface area (Å²) in [7, 11) is -6.97. The van der Waals surface area contributed by atoms with Gasteiger partial charge in [0, 0.05) is 11.8 Å². The molecule has 4 aliphatic carbocycles. The Kier molecular flexibility index (Phi) is 8.01. The van der Waals surface area contributed by atoms with Crippen LogP contribution in [0.2, 0.25) is 0 Å². The average molecular weight is 537 g/mol. The minimum Gasteiger partial charge on any atom is -0.384 e. The Morgan fingerprint density at radius 2 is 0.750 bits per heavy atom. The summed E-state index contributed by atoms with van der Waals surface area (Å²) in [6.07, 6.45) is 22.4. The van der Waals surface area contributed by atoms with Crippen molar-refractivity contribution in [3.8, 4) is 0 Å². The van der Waals surface area contributed by atoms with Gasteiger partial charge in [0.2, 0.25) is 0 Å². The summed E-state index contributed by atoms with van der Waals surface area (Å²) in [6, 6.07) is 0. The van der Waals surface area contributed by atoms with E-state index in [1.165, 1.54) is 62.2 Å². The first-order valence-electron chi connectivity index (χ1n) is 14.0. The number of rotatable bonds is 4. The first kappa shape index (κ1) is 26.1. The second-order valence-electron chi connectivity index (χ2n) is 11.4. The largest absolute Gasteiger partial charge is 0.384 e. The lowest BCUT2D eigenvalue weighted by atomic mass is 9.95. The maximum Gasteiger partial charge on any atom is 0.332 e. The molecule has 0 aromatic heterocycles. The zero-order chi connectivity index (χ0) is 25.2. The second kappa shape index (κ2) is 11.1. The van der Waals surface area contributed by atoms with Gasteiger partial charge >= 0.3 is 20.2 Å². The molecule has 8 heteroatoms. The van der Waals surface area contributed by atoms with Gasteiger partial charge in [0.15, 0.2) is 0 Å². The molecule has 4 fully saturated rings. The molecule has 2 heterocycles. The maximum absolute atomic E-state index is 11.8. The number of hydrogen-bond donors (Lipinski definition) is 0. The van der Waals surface area contributed by atoms with Crippen LogP contribution in [-0.2, 0) is 28.6 Å². The Balaban J connectivity index is 0.000000148. The molecule has 6 rings (SSSR count). The molecule has 0 amide bonds. The van der Waals surface area contributed by atoms with Crippen LogP contribution in [0.5, 0.6) is 0 Å². The van der Waals surface area contributed by atoms with Crippen molar-refractivity contribution in [1.29, 1.82) is 0 Å². The molecular formula is C28H40O6S2. The summed E-state index contributed by atoms with van der Waals surface area (Å²) < 4.78 is 57.8. The van der Waals surface area contributed by atoms with E-state index >= 15 is 0 Å². The van der Waals surface area contributed by atoms with Crippen LogP contribution in [0.3, 0.4) is 0 Å². The summed E-state index contributed by atoms with van der Waals surface area (Å²) in [4.78, 5) is 0. The van der Waals surface area contributed by atoms with E-state index in [0.29, 0.717) is 35.2 Å². The Morgan fingerprint density at radius 3 is 1.06 bits per heavy atom. The monoisotopic (exact) mass is 536 g/mol. The lowest BCUT2D eigenvalue weighted by Crippen LogP contribution is -2.15. The van der Waals surface area contributed by atoms with Crippen molar-refractivity contribution in [3.05, 3.63) is 45.6 Å². The standard InChI is InChI=1S/2C14H20O3S/c2*15-18(16)10-13(11-5-1-2-6-11)9-14(17-18)12-7-3-4-8-12/h2*9-12H,1-8H2. The van der Waals surface area contributed by atoms with E-state index in [4.69, 9.17) is 8.37 Å². The van der Waals surface area contributed by atoms with Crippen LogP contribution in [0, 0.1) is 23.7 Å². The van der Waals surface area contributed by atoms with Crippen LogP contribution in [0.4, 0.5) is 0 Å². The summed E-state index contributed by atoms with van der Waals surface area (Å²) in [5.74, 6) is 2.92. The highest BCUT2D eigenvalue weighted by Crippen LogP contribution is 2.41. The van der Waals surface area contributed by atoms with E-state index in [1.807, 2.05) is 12.2 Å². The van der Waals surface area contributed by atoms with Crippen molar-refractivity contribution < 1.29 is 25.2 Å². The maximum atomic E-state index is 11.8. The third kappa shape index (κ3) is 6.47. The van der Waals surface area contributed by atoms with Gasteiger partial charge in [0.05, 0.1) is 10.8 Å². The topological polar surface area (TPSA) is 86.7 Å². The first-order chi connectivity index (χ1) is 17.3. The third-order valence-corrected chi connectivity index (χ3v) is 10.7.